The number of aryl methyl sites for hydroxylation is 1. The van der Waals surface area contributed by atoms with E-state index in [1.165, 1.54) is 18.2 Å². The molecule has 0 amide bonds. The van der Waals surface area contributed by atoms with E-state index in [0.29, 0.717) is 21.6 Å². The van der Waals surface area contributed by atoms with Crippen LogP contribution in [0.2, 0.25) is 10.0 Å². The first-order chi connectivity index (χ1) is 8.47. The number of rotatable bonds is 2. The van der Waals surface area contributed by atoms with Crippen molar-refractivity contribution in [3.8, 4) is 0 Å². The molecule has 0 spiro atoms. The van der Waals surface area contributed by atoms with E-state index >= 15 is 0 Å². The van der Waals surface area contributed by atoms with Crippen molar-refractivity contribution in [3.63, 3.8) is 0 Å². The molecule has 0 fully saturated rings. The normalized spacial score (nSPS) is 10.4. The van der Waals surface area contributed by atoms with Crippen LogP contribution >= 0.6 is 23.2 Å². The first kappa shape index (κ1) is 12.9. The van der Waals surface area contributed by atoms with Gasteiger partial charge in [-0.1, -0.05) is 23.2 Å². The molecule has 0 saturated carbocycles. The molecule has 1 heterocycles. The van der Waals surface area contributed by atoms with E-state index in [-0.39, 0.29) is 11.6 Å². The number of nitrogens with two attached hydrogens (primary N) is 1. The second kappa shape index (κ2) is 5.00. The number of nitrogens with one attached hydrogen (secondary N) is 1. The van der Waals surface area contributed by atoms with E-state index in [2.05, 4.69) is 10.3 Å². The van der Waals surface area contributed by atoms with E-state index in [0.717, 1.165) is 5.56 Å². The maximum Gasteiger partial charge on any atom is 0.151 e. The summed E-state index contributed by atoms with van der Waals surface area (Å²) in [6.45, 7) is 1.78. The molecule has 2 aromatic rings. The monoisotopic (exact) mass is 285 g/mol. The molecule has 0 aliphatic carbocycles. The SMILES string of the molecule is Cc1cc(F)ccc1Nc1nc(N)c(Cl)cc1Cl. The third kappa shape index (κ3) is 2.66. The fraction of sp³-hybridized carbons (Fsp3) is 0.0833. The fourth-order valence-corrected chi connectivity index (χ4v) is 1.87. The van der Waals surface area contributed by atoms with Crippen LogP contribution < -0.4 is 11.1 Å². The molecule has 0 unspecified atom stereocenters. The summed E-state index contributed by atoms with van der Waals surface area (Å²) in [6, 6.07) is 5.87. The number of aromatic nitrogens is 1. The average molecular weight is 286 g/mol. The van der Waals surface area contributed by atoms with Crippen molar-refractivity contribution in [2.75, 3.05) is 11.1 Å². The number of halogens is 3. The van der Waals surface area contributed by atoms with Crippen LogP contribution in [0.1, 0.15) is 5.56 Å². The van der Waals surface area contributed by atoms with Crippen LogP contribution in [0.3, 0.4) is 0 Å². The van der Waals surface area contributed by atoms with Crippen molar-refractivity contribution in [3.05, 3.63) is 45.7 Å². The van der Waals surface area contributed by atoms with Gasteiger partial charge in [0, 0.05) is 5.69 Å². The van der Waals surface area contributed by atoms with Crippen LogP contribution in [0, 0.1) is 12.7 Å². The van der Waals surface area contributed by atoms with Gasteiger partial charge < -0.3 is 11.1 Å². The van der Waals surface area contributed by atoms with Gasteiger partial charge >= 0.3 is 0 Å². The highest BCUT2D eigenvalue weighted by Gasteiger charge is 2.08. The van der Waals surface area contributed by atoms with Crippen LogP contribution in [0.25, 0.3) is 0 Å². The Kier molecular flexibility index (Phi) is 3.59. The summed E-state index contributed by atoms with van der Waals surface area (Å²) in [5.74, 6) is 0.268. The summed E-state index contributed by atoms with van der Waals surface area (Å²) in [4.78, 5) is 4.04. The van der Waals surface area contributed by atoms with Gasteiger partial charge in [0.25, 0.3) is 0 Å². The standard InChI is InChI=1S/C12H10Cl2FN3/c1-6-4-7(15)2-3-10(6)17-12-9(14)5-8(13)11(16)18-12/h2-5H,1H3,(H3,16,17,18). The molecular weight excluding hydrogens is 276 g/mol. The van der Waals surface area contributed by atoms with Crippen molar-refractivity contribution >= 4 is 40.5 Å². The van der Waals surface area contributed by atoms with Gasteiger partial charge in [-0.15, -0.1) is 0 Å². The number of pyridine rings is 1. The molecular formula is C12H10Cl2FN3. The summed E-state index contributed by atoms with van der Waals surface area (Å²) in [5, 5.41) is 3.63. The van der Waals surface area contributed by atoms with Crippen molar-refractivity contribution in [1.29, 1.82) is 0 Å². The minimum absolute atomic E-state index is 0.184. The highest BCUT2D eigenvalue weighted by atomic mass is 35.5. The van der Waals surface area contributed by atoms with Crippen molar-refractivity contribution in [2.45, 2.75) is 6.92 Å². The van der Waals surface area contributed by atoms with Gasteiger partial charge in [0.1, 0.15) is 11.6 Å². The number of hydrogen-bond donors (Lipinski definition) is 2. The van der Waals surface area contributed by atoms with Crippen LogP contribution in [-0.2, 0) is 0 Å². The van der Waals surface area contributed by atoms with Crippen LogP contribution in [-0.4, -0.2) is 4.98 Å². The minimum Gasteiger partial charge on any atom is -0.382 e. The van der Waals surface area contributed by atoms with Gasteiger partial charge in [-0.2, -0.15) is 0 Å². The molecule has 0 saturated heterocycles. The molecule has 0 atom stereocenters. The van der Waals surface area contributed by atoms with Crippen molar-refractivity contribution in [2.24, 2.45) is 0 Å². The highest BCUT2D eigenvalue weighted by Crippen LogP contribution is 2.30. The predicted molar refractivity (Wildman–Crippen MR) is 73.1 cm³/mol. The lowest BCUT2D eigenvalue weighted by atomic mass is 10.2. The molecule has 1 aromatic heterocycles. The second-order valence-electron chi connectivity index (χ2n) is 3.77. The molecule has 0 aliphatic rings. The lowest BCUT2D eigenvalue weighted by Crippen LogP contribution is -2.00. The molecule has 94 valence electrons. The Labute approximate surface area is 114 Å². The minimum atomic E-state index is -0.298. The lowest BCUT2D eigenvalue weighted by molar-refractivity contribution is 0.627. The summed E-state index contributed by atoms with van der Waals surface area (Å²) in [7, 11) is 0. The summed E-state index contributed by atoms with van der Waals surface area (Å²) in [5.41, 5.74) is 7.04. The molecule has 1 aromatic carbocycles. The van der Waals surface area contributed by atoms with Gasteiger partial charge in [0.2, 0.25) is 0 Å². The Balaban J connectivity index is 2.37. The Morgan fingerprint density at radius 1 is 1.22 bits per heavy atom. The van der Waals surface area contributed by atoms with Gasteiger partial charge in [-0.05, 0) is 36.8 Å². The third-order valence-corrected chi connectivity index (χ3v) is 2.99. The zero-order valence-corrected chi connectivity index (χ0v) is 11.0. The maximum absolute atomic E-state index is 13.0. The van der Waals surface area contributed by atoms with E-state index in [1.54, 1.807) is 13.0 Å². The topological polar surface area (TPSA) is 50.9 Å². The zero-order valence-electron chi connectivity index (χ0n) is 9.47. The Hall–Kier alpha value is -1.52. The predicted octanol–water partition coefficient (Wildman–Crippen LogP) is 4.16. The van der Waals surface area contributed by atoms with E-state index < -0.39 is 0 Å². The first-order valence-electron chi connectivity index (χ1n) is 5.12. The van der Waals surface area contributed by atoms with Crippen LogP contribution in [0.4, 0.5) is 21.7 Å². The Morgan fingerprint density at radius 2 is 1.94 bits per heavy atom. The molecule has 2 rings (SSSR count). The number of benzene rings is 1. The van der Waals surface area contributed by atoms with Crippen molar-refractivity contribution in [1.82, 2.24) is 4.98 Å². The number of nitrogens with zero attached hydrogens (tertiary/aromatic N) is 1. The molecule has 3 nitrogen and oxygen atoms in total. The zero-order chi connectivity index (χ0) is 13.3. The van der Waals surface area contributed by atoms with E-state index in [1.807, 2.05) is 0 Å². The molecule has 0 bridgehead atoms. The van der Waals surface area contributed by atoms with Gasteiger partial charge in [-0.3, -0.25) is 0 Å². The quantitative estimate of drug-likeness (QED) is 0.871. The average Bonchev–Trinajstić information content (AvgIpc) is 2.29. The molecule has 0 aliphatic heterocycles. The lowest BCUT2D eigenvalue weighted by Gasteiger charge is -2.11. The summed E-state index contributed by atoms with van der Waals surface area (Å²) < 4.78 is 13.0. The smallest absolute Gasteiger partial charge is 0.151 e. The molecule has 0 radical (unpaired) electrons. The summed E-state index contributed by atoms with van der Waals surface area (Å²) in [6.07, 6.45) is 0. The van der Waals surface area contributed by atoms with Crippen LogP contribution in [0.15, 0.2) is 24.3 Å². The van der Waals surface area contributed by atoms with Gasteiger partial charge in [0.05, 0.1) is 10.0 Å². The van der Waals surface area contributed by atoms with E-state index in [4.69, 9.17) is 28.9 Å². The third-order valence-electron chi connectivity index (χ3n) is 2.40. The molecule has 3 N–H and O–H groups in total. The maximum atomic E-state index is 13.0. The highest BCUT2D eigenvalue weighted by molar-refractivity contribution is 6.37. The number of hydrogen-bond acceptors (Lipinski definition) is 3. The number of nitrogen functional groups attached to an aromatic ring is 1. The molecule has 6 heteroatoms. The van der Waals surface area contributed by atoms with Crippen LogP contribution in [0.5, 0.6) is 0 Å². The number of anilines is 3. The molecule has 18 heavy (non-hydrogen) atoms. The first-order valence-corrected chi connectivity index (χ1v) is 5.87. The Bertz CT molecular complexity index is 602. The van der Waals surface area contributed by atoms with E-state index in [9.17, 15) is 4.39 Å². The summed E-state index contributed by atoms with van der Waals surface area (Å²) >= 11 is 11.8. The van der Waals surface area contributed by atoms with Crippen molar-refractivity contribution < 1.29 is 4.39 Å². The largest absolute Gasteiger partial charge is 0.382 e. The van der Waals surface area contributed by atoms with Gasteiger partial charge in [-0.25, -0.2) is 9.37 Å². The Morgan fingerprint density at radius 3 is 2.61 bits per heavy atom. The van der Waals surface area contributed by atoms with Gasteiger partial charge in [0.15, 0.2) is 5.82 Å². The second-order valence-corrected chi connectivity index (χ2v) is 4.58. The fourth-order valence-electron chi connectivity index (χ4n) is 1.46.